The van der Waals surface area contributed by atoms with E-state index in [0.717, 1.165) is 5.56 Å². The third-order valence-electron chi connectivity index (χ3n) is 2.59. The Hall–Kier alpha value is -2.60. The number of carbonyl (C=O) groups excluding carboxylic acids is 1. The van der Waals surface area contributed by atoms with Gasteiger partial charge in [0.15, 0.2) is 0 Å². The Balaban J connectivity index is 2.22. The van der Waals surface area contributed by atoms with Gasteiger partial charge in [0.2, 0.25) is 0 Å². The van der Waals surface area contributed by atoms with E-state index in [1.54, 1.807) is 49.5 Å². The van der Waals surface area contributed by atoms with Gasteiger partial charge < -0.3 is 5.32 Å². The molecule has 0 aliphatic heterocycles. The van der Waals surface area contributed by atoms with Gasteiger partial charge in [0.05, 0.1) is 5.56 Å². The van der Waals surface area contributed by atoms with Crippen molar-refractivity contribution >= 4 is 5.91 Å². The molecule has 0 aromatic heterocycles. The van der Waals surface area contributed by atoms with Crippen molar-refractivity contribution in [3.05, 3.63) is 71.0 Å². The number of hydrogen-bond donors (Lipinski definition) is 1. The quantitative estimate of drug-likeness (QED) is 0.778. The number of rotatable bonds is 1. The lowest BCUT2D eigenvalue weighted by Gasteiger charge is -1.98. The number of halogens is 1. The second-order valence-corrected chi connectivity index (χ2v) is 3.89. The molecule has 0 bridgehead atoms. The van der Waals surface area contributed by atoms with Crippen LogP contribution in [0.3, 0.4) is 0 Å². The zero-order valence-electron chi connectivity index (χ0n) is 10.4. The normalized spacial score (nSPS) is 9.37. The Morgan fingerprint density at radius 2 is 1.74 bits per heavy atom. The second-order valence-electron chi connectivity index (χ2n) is 3.89. The molecular weight excluding hydrogens is 241 g/mol. The highest BCUT2D eigenvalue weighted by molar-refractivity contribution is 5.94. The average molecular weight is 253 g/mol. The van der Waals surface area contributed by atoms with Crippen LogP contribution >= 0.6 is 0 Å². The Bertz CT molecular complexity index is 650. The van der Waals surface area contributed by atoms with Crippen LogP contribution in [0.15, 0.2) is 48.5 Å². The van der Waals surface area contributed by atoms with Crippen LogP contribution in [0.4, 0.5) is 4.39 Å². The highest BCUT2D eigenvalue weighted by atomic mass is 19.1. The summed E-state index contributed by atoms with van der Waals surface area (Å²) < 4.78 is 13.4. The van der Waals surface area contributed by atoms with E-state index in [2.05, 4.69) is 17.2 Å². The minimum absolute atomic E-state index is 0.145. The van der Waals surface area contributed by atoms with Gasteiger partial charge in [-0.1, -0.05) is 24.0 Å². The van der Waals surface area contributed by atoms with Crippen LogP contribution < -0.4 is 5.32 Å². The highest BCUT2D eigenvalue weighted by Crippen LogP contribution is 2.06. The Morgan fingerprint density at radius 1 is 1.05 bits per heavy atom. The van der Waals surface area contributed by atoms with Crippen LogP contribution in [0, 0.1) is 17.7 Å². The Kier molecular flexibility index (Phi) is 3.94. The highest BCUT2D eigenvalue weighted by Gasteiger charge is 2.01. The second kappa shape index (κ2) is 5.83. The number of carbonyl (C=O) groups is 1. The SMILES string of the molecule is CNC(=O)c1ccc(C#Cc2ccccc2F)cc1. The van der Waals surface area contributed by atoms with Crippen LogP contribution in [0.1, 0.15) is 21.5 Å². The van der Waals surface area contributed by atoms with Gasteiger partial charge in [-0.15, -0.1) is 0 Å². The molecule has 2 aromatic carbocycles. The predicted molar refractivity (Wildman–Crippen MR) is 72.2 cm³/mol. The molecule has 0 fully saturated rings. The van der Waals surface area contributed by atoms with Crippen molar-refractivity contribution in [3.8, 4) is 11.8 Å². The molecular formula is C16H12FNO. The van der Waals surface area contributed by atoms with Crippen molar-refractivity contribution < 1.29 is 9.18 Å². The molecule has 0 spiro atoms. The third kappa shape index (κ3) is 3.20. The minimum Gasteiger partial charge on any atom is -0.355 e. The van der Waals surface area contributed by atoms with Gasteiger partial charge in [0.25, 0.3) is 5.91 Å². The van der Waals surface area contributed by atoms with Crippen molar-refractivity contribution in [2.75, 3.05) is 7.05 Å². The van der Waals surface area contributed by atoms with Crippen LogP contribution in [0.2, 0.25) is 0 Å². The summed E-state index contributed by atoms with van der Waals surface area (Å²) in [6, 6.07) is 13.2. The molecule has 0 saturated carbocycles. The lowest BCUT2D eigenvalue weighted by molar-refractivity contribution is 0.0963. The summed E-state index contributed by atoms with van der Waals surface area (Å²) in [5.41, 5.74) is 1.66. The molecule has 0 aliphatic carbocycles. The molecule has 1 amide bonds. The molecule has 0 heterocycles. The molecule has 3 heteroatoms. The Morgan fingerprint density at radius 3 is 2.37 bits per heavy atom. The minimum atomic E-state index is -0.336. The van der Waals surface area contributed by atoms with Crippen molar-refractivity contribution in [1.82, 2.24) is 5.32 Å². The van der Waals surface area contributed by atoms with E-state index in [4.69, 9.17) is 0 Å². The maximum absolute atomic E-state index is 13.4. The lowest BCUT2D eigenvalue weighted by atomic mass is 10.1. The molecule has 0 aliphatic rings. The van der Waals surface area contributed by atoms with E-state index >= 15 is 0 Å². The molecule has 0 atom stereocenters. The summed E-state index contributed by atoms with van der Waals surface area (Å²) in [4.78, 5) is 11.4. The maximum Gasteiger partial charge on any atom is 0.251 e. The van der Waals surface area contributed by atoms with E-state index in [1.807, 2.05) is 0 Å². The monoisotopic (exact) mass is 253 g/mol. The zero-order chi connectivity index (χ0) is 13.7. The maximum atomic E-state index is 13.4. The van der Waals surface area contributed by atoms with Gasteiger partial charge in [-0.3, -0.25) is 4.79 Å². The van der Waals surface area contributed by atoms with Gasteiger partial charge in [0.1, 0.15) is 5.82 Å². The molecule has 2 nitrogen and oxygen atoms in total. The summed E-state index contributed by atoms with van der Waals surface area (Å²) in [7, 11) is 1.58. The van der Waals surface area contributed by atoms with Gasteiger partial charge in [-0.05, 0) is 36.4 Å². The summed E-state index contributed by atoms with van der Waals surface area (Å²) >= 11 is 0. The molecule has 94 valence electrons. The van der Waals surface area contributed by atoms with E-state index < -0.39 is 0 Å². The fraction of sp³-hybridized carbons (Fsp3) is 0.0625. The summed E-state index contributed by atoms with van der Waals surface area (Å²) in [6.07, 6.45) is 0. The number of hydrogen-bond acceptors (Lipinski definition) is 1. The number of amides is 1. The first-order chi connectivity index (χ1) is 9.20. The molecule has 2 rings (SSSR count). The lowest BCUT2D eigenvalue weighted by Crippen LogP contribution is -2.17. The topological polar surface area (TPSA) is 29.1 Å². The van der Waals surface area contributed by atoms with Crippen molar-refractivity contribution in [2.24, 2.45) is 0 Å². The molecule has 1 N–H and O–H groups in total. The van der Waals surface area contributed by atoms with Crippen LogP contribution in [0.25, 0.3) is 0 Å². The zero-order valence-corrected chi connectivity index (χ0v) is 10.4. The van der Waals surface area contributed by atoms with Crippen LogP contribution in [-0.4, -0.2) is 13.0 Å². The largest absolute Gasteiger partial charge is 0.355 e. The summed E-state index contributed by atoms with van der Waals surface area (Å²) in [5, 5.41) is 2.54. The standard InChI is InChI=1S/C16H12FNO/c1-18-16(19)14-10-7-12(8-11-14)6-9-13-4-2-3-5-15(13)17/h2-5,7-8,10-11H,1H3,(H,18,19). The molecule has 0 radical (unpaired) electrons. The molecule has 2 aromatic rings. The van der Waals surface area contributed by atoms with Gasteiger partial charge in [0, 0.05) is 18.2 Å². The first-order valence-electron chi connectivity index (χ1n) is 5.79. The van der Waals surface area contributed by atoms with Gasteiger partial charge >= 0.3 is 0 Å². The number of nitrogens with one attached hydrogen (secondary N) is 1. The predicted octanol–water partition coefficient (Wildman–Crippen LogP) is 2.59. The van der Waals surface area contributed by atoms with E-state index in [1.165, 1.54) is 6.07 Å². The Labute approximate surface area is 111 Å². The van der Waals surface area contributed by atoms with E-state index in [-0.39, 0.29) is 11.7 Å². The first kappa shape index (κ1) is 12.8. The van der Waals surface area contributed by atoms with Crippen molar-refractivity contribution in [2.45, 2.75) is 0 Å². The van der Waals surface area contributed by atoms with Crippen LogP contribution in [0.5, 0.6) is 0 Å². The third-order valence-corrected chi connectivity index (χ3v) is 2.59. The molecule has 19 heavy (non-hydrogen) atoms. The fourth-order valence-corrected chi connectivity index (χ4v) is 1.55. The smallest absolute Gasteiger partial charge is 0.251 e. The van der Waals surface area contributed by atoms with Gasteiger partial charge in [-0.2, -0.15) is 0 Å². The first-order valence-corrected chi connectivity index (χ1v) is 5.79. The fourth-order valence-electron chi connectivity index (χ4n) is 1.55. The van der Waals surface area contributed by atoms with Crippen molar-refractivity contribution in [3.63, 3.8) is 0 Å². The summed E-state index contributed by atoms with van der Waals surface area (Å²) in [6.45, 7) is 0. The molecule has 0 unspecified atom stereocenters. The van der Waals surface area contributed by atoms with Crippen molar-refractivity contribution in [1.29, 1.82) is 0 Å². The summed E-state index contributed by atoms with van der Waals surface area (Å²) in [5.74, 6) is 5.15. The van der Waals surface area contributed by atoms with Crippen LogP contribution in [-0.2, 0) is 0 Å². The average Bonchev–Trinajstić information content (AvgIpc) is 2.46. The molecule has 0 saturated heterocycles. The van der Waals surface area contributed by atoms with E-state index in [0.29, 0.717) is 11.1 Å². The van der Waals surface area contributed by atoms with Gasteiger partial charge in [-0.25, -0.2) is 4.39 Å². The van der Waals surface area contributed by atoms with E-state index in [9.17, 15) is 9.18 Å². The number of benzene rings is 2.